The molecule has 1 fully saturated rings. The van der Waals surface area contributed by atoms with Crippen LogP contribution in [0.2, 0.25) is 0 Å². The minimum absolute atomic E-state index is 0.0403. The predicted molar refractivity (Wildman–Crippen MR) is 58.2 cm³/mol. The Morgan fingerprint density at radius 3 is 2.79 bits per heavy atom. The standard InChI is InChI=1S/C8H15NO3S2/c1-13-4-2-8(10)9-7-3-5-14(11,12)6-7/h7H,2-6H2,1H3,(H,9,10). The summed E-state index contributed by atoms with van der Waals surface area (Å²) in [6, 6.07) is -0.158. The number of nitrogens with one attached hydrogen (secondary N) is 1. The van der Waals surface area contributed by atoms with Crippen LogP contribution in [0.3, 0.4) is 0 Å². The summed E-state index contributed by atoms with van der Waals surface area (Å²) in [5, 5.41) is 2.74. The fourth-order valence-corrected chi connectivity index (χ4v) is 3.47. The SMILES string of the molecule is CSCCC(=O)NC1CCS(=O)(=O)C1. The van der Waals surface area contributed by atoms with Crippen molar-refractivity contribution in [3.63, 3.8) is 0 Å². The number of hydrogen-bond acceptors (Lipinski definition) is 4. The molecular formula is C8H15NO3S2. The smallest absolute Gasteiger partial charge is 0.221 e. The summed E-state index contributed by atoms with van der Waals surface area (Å²) in [6.45, 7) is 0. The average Bonchev–Trinajstić information content (AvgIpc) is 2.42. The summed E-state index contributed by atoms with van der Waals surface area (Å²) in [7, 11) is -2.88. The van der Waals surface area contributed by atoms with Crippen molar-refractivity contribution >= 4 is 27.5 Å². The number of amides is 1. The molecule has 1 saturated heterocycles. The van der Waals surface area contributed by atoms with Gasteiger partial charge in [-0.2, -0.15) is 11.8 Å². The Balaban J connectivity index is 2.29. The lowest BCUT2D eigenvalue weighted by Crippen LogP contribution is -2.35. The van der Waals surface area contributed by atoms with Gasteiger partial charge in [0.2, 0.25) is 5.91 Å². The molecule has 6 heteroatoms. The van der Waals surface area contributed by atoms with Crippen molar-refractivity contribution < 1.29 is 13.2 Å². The van der Waals surface area contributed by atoms with Crippen molar-refractivity contribution in [3.05, 3.63) is 0 Å². The summed E-state index contributed by atoms with van der Waals surface area (Å²) >= 11 is 1.61. The Bertz CT molecular complexity index is 300. The first-order valence-corrected chi connectivity index (χ1v) is 7.74. The molecule has 0 aromatic heterocycles. The third-order valence-corrected chi connectivity index (χ3v) is 4.51. The first-order valence-electron chi connectivity index (χ1n) is 4.52. The Kier molecular flexibility index (Phi) is 4.25. The average molecular weight is 237 g/mol. The van der Waals surface area contributed by atoms with Gasteiger partial charge < -0.3 is 5.32 Å². The molecule has 0 bridgehead atoms. The second-order valence-electron chi connectivity index (χ2n) is 3.41. The Labute approximate surface area is 88.7 Å². The van der Waals surface area contributed by atoms with Crippen molar-refractivity contribution in [1.82, 2.24) is 5.32 Å². The Hall–Kier alpha value is -0.230. The number of rotatable bonds is 4. The largest absolute Gasteiger partial charge is 0.352 e. The molecule has 1 amide bonds. The van der Waals surface area contributed by atoms with Gasteiger partial charge >= 0.3 is 0 Å². The highest BCUT2D eigenvalue weighted by Crippen LogP contribution is 2.11. The highest BCUT2D eigenvalue weighted by Gasteiger charge is 2.28. The van der Waals surface area contributed by atoms with Crippen LogP contribution >= 0.6 is 11.8 Å². The van der Waals surface area contributed by atoms with Crippen LogP contribution < -0.4 is 5.32 Å². The lowest BCUT2D eigenvalue weighted by molar-refractivity contribution is -0.121. The Morgan fingerprint density at radius 2 is 2.29 bits per heavy atom. The minimum atomic E-state index is -2.88. The summed E-state index contributed by atoms with van der Waals surface area (Å²) in [6.07, 6.45) is 2.97. The van der Waals surface area contributed by atoms with E-state index in [9.17, 15) is 13.2 Å². The van der Waals surface area contributed by atoms with Crippen LogP contribution in [0, 0.1) is 0 Å². The van der Waals surface area contributed by atoms with E-state index in [1.807, 2.05) is 6.26 Å². The summed E-state index contributed by atoms with van der Waals surface area (Å²) < 4.78 is 22.2. The van der Waals surface area contributed by atoms with Gasteiger partial charge in [0.1, 0.15) is 0 Å². The van der Waals surface area contributed by atoms with Crippen LogP contribution in [0.15, 0.2) is 0 Å². The first kappa shape index (κ1) is 11.8. The maximum Gasteiger partial charge on any atom is 0.221 e. The molecule has 0 aliphatic carbocycles. The van der Waals surface area contributed by atoms with E-state index in [-0.39, 0.29) is 23.5 Å². The molecule has 1 atom stereocenters. The van der Waals surface area contributed by atoms with Crippen LogP contribution in [0.25, 0.3) is 0 Å². The van der Waals surface area contributed by atoms with Crippen molar-refractivity contribution in [2.45, 2.75) is 18.9 Å². The molecule has 1 unspecified atom stereocenters. The molecular weight excluding hydrogens is 222 g/mol. The maximum atomic E-state index is 11.2. The van der Waals surface area contributed by atoms with Crippen molar-refractivity contribution in [3.8, 4) is 0 Å². The monoisotopic (exact) mass is 237 g/mol. The van der Waals surface area contributed by atoms with E-state index in [4.69, 9.17) is 0 Å². The second-order valence-corrected chi connectivity index (χ2v) is 6.62. The van der Waals surface area contributed by atoms with Gasteiger partial charge in [-0.05, 0) is 12.7 Å². The fourth-order valence-electron chi connectivity index (χ4n) is 1.40. The van der Waals surface area contributed by atoms with Crippen LogP contribution in [-0.2, 0) is 14.6 Å². The molecule has 0 radical (unpaired) electrons. The number of carbonyl (C=O) groups is 1. The highest BCUT2D eigenvalue weighted by atomic mass is 32.2. The topological polar surface area (TPSA) is 63.2 Å². The van der Waals surface area contributed by atoms with Gasteiger partial charge in [-0.15, -0.1) is 0 Å². The number of thioether (sulfide) groups is 1. The molecule has 4 nitrogen and oxygen atoms in total. The quantitative estimate of drug-likeness (QED) is 0.750. The van der Waals surface area contributed by atoms with Crippen LogP contribution in [0.5, 0.6) is 0 Å². The summed E-state index contributed by atoms with van der Waals surface area (Å²) in [4.78, 5) is 11.2. The van der Waals surface area contributed by atoms with Gasteiger partial charge in [-0.1, -0.05) is 0 Å². The zero-order chi connectivity index (χ0) is 10.6. The lowest BCUT2D eigenvalue weighted by atomic mass is 10.2. The summed E-state index contributed by atoms with van der Waals surface area (Å²) in [5.74, 6) is 1.06. The van der Waals surface area contributed by atoms with E-state index >= 15 is 0 Å². The van der Waals surface area contributed by atoms with Crippen LogP contribution in [-0.4, -0.2) is 43.9 Å². The first-order chi connectivity index (χ1) is 6.53. The molecule has 1 aliphatic rings. The highest BCUT2D eigenvalue weighted by molar-refractivity contribution is 7.98. The third kappa shape index (κ3) is 3.88. The van der Waals surface area contributed by atoms with Crippen molar-refractivity contribution in [2.24, 2.45) is 0 Å². The number of hydrogen-bond donors (Lipinski definition) is 1. The molecule has 14 heavy (non-hydrogen) atoms. The Morgan fingerprint density at radius 1 is 1.57 bits per heavy atom. The third-order valence-electron chi connectivity index (χ3n) is 2.13. The zero-order valence-electron chi connectivity index (χ0n) is 8.15. The molecule has 0 saturated carbocycles. The molecule has 1 aliphatic heterocycles. The van der Waals surface area contributed by atoms with Crippen molar-refractivity contribution in [2.75, 3.05) is 23.5 Å². The van der Waals surface area contributed by atoms with E-state index in [0.29, 0.717) is 12.8 Å². The molecule has 0 spiro atoms. The summed E-state index contributed by atoms with van der Waals surface area (Å²) in [5.41, 5.74) is 0. The number of carbonyl (C=O) groups excluding carboxylic acids is 1. The zero-order valence-corrected chi connectivity index (χ0v) is 9.79. The second kappa shape index (κ2) is 5.02. The van der Waals surface area contributed by atoms with E-state index < -0.39 is 9.84 Å². The van der Waals surface area contributed by atoms with E-state index in [2.05, 4.69) is 5.32 Å². The van der Waals surface area contributed by atoms with Crippen LogP contribution in [0.4, 0.5) is 0 Å². The molecule has 0 aromatic carbocycles. The van der Waals surface area contributed by atoms with E-state index in [1.54, 1.807) is 11.8 Å². The molecule has 1 rings (SSSR count). The van der Waals surface area contributed by atoms with E-state index in [1.165, 1.54) is 0 Å². The van der Waals surface area contributed by atoms with Gasteiger partial charge in [0, 0.05) is 18.2 Å². The van der Waals surface area contributed by atoms with Crippen molar-refractivity contribution in [1.29, 1.82) is 0 Å². The number of sulfone groups is 1. The van der Waals surface area contributed by atoms with Gasteiger partial charge in [0.05, 0.1) is 11.5 Å². The van der Waals surface area contributed by atoms with Gasteiger partial charge in [0.25, 0.3) is 0 Å². The van der Waals surface area contributed by atoms with Gasteiger partial charge in [-0.3, -0.25) is 4.79 Å². The maximum absolute atomic E-state index is 11.2. The van der Waals surface area contributed by atoms with E-state index in [0.717, 1.165) is 5.75 Å². The molecule has 82 valence electrons. The molecule has 1 heterocycles. The lowest BCUT2D eigenvalue weighted by Gasteiger charge is -2.09. The minimum Gasteiger partial charge on any atom is -0.352 e. The van der Waals surface area contributed by atoms with Gasteiger partial charge in [-0.25, -0.2) is 8.42 Å². The van der Waals surface area contributed by atoms with Gasteiger partial charge in [0.15, 0.2) is 9.84 Å². The molecule has 1 N–H and O–H groups in total. The molecule has 0 aromatic rings. The predicted octanol–water partition coefficient (Wildman–Crippen LogP) is 0.0428. The normalized spacial score (nSPS) is 24.8. The fraction of sp³-hybridized carbons (Fsp3) is 0.875. The van der Waals surface area contributed by atoms with Crippen LogP contribution in [0.1, 0.15) is 12.8 Å².